The van der Waals surface area contributed by atoms with Gasteiger partial charge in [-0.25, -0.2) is 14.0 Å². The summed E-state index contributed by atoms with van der Waals surface area (Å²) in [5.74, 6) is -1.50. The molecule has 1 aliphatic carbocycles. The number of hydrogen-bond acceptors (Lipinski definition) is 7. The van der Waals surface area contributed by atoms with Crippen LogP contribution in [0.5, 0.6) is 0 Å². The lowest BCUT2D eigenvalue weighted by molar-refractivity contribution is 0.0695. The highest BCUT2D eigenvalue weighted by Crippen LogP contribution is 2.38. The third kappa shape index (κ3) is 6.34. The molecule has 46 heavy (non-hydrogen) atoms. The molecule has 1 saturated heterocycles. The number of hydrogen-bond donors (Lipinski definition) is 3. The van der Waals surface area contributed by atoms with E-state index in [2.05, 4.69) is 15.2 Å². The van der Waals surface area contributed by atoms with Crippen molar-refractivity contribution in [1.82, 2.24) is 19.0 Å². The zero-order valence-electron chi connectivity index (χ0n) is 26.3. The van der Waals surface area contributed by atoms with E-state index in [-0.39, 0.29) is 28.6 Å². The highest BCUT2D eigenvalue weighted by Gasteiger charge is 2.30. The van der Waals surface area contributed by atoms with Crippen molar-refractivity contribution in [3.8, 4) is 0 Å². The first-order valence-electron chi connectivity index (χ1n) is 15.8. The molecule has 1 aliphatic heterocycles. The molecule has 0 amide bonds. The van der Waals surface area contributed by atoms with Gasteiger partial charge in [-0.3, -0.25) is 24.0 Å². The topological polar surface area (TPSA) is 133 Å². The van der Waals surface area contributed by atoms with Crippen LogP contribution in [0.4, 0.5) is 21.6 Å². The number of piperazine rings is 1. The van der Waals surface area contributed by atoms with E-state index in [1.54, 1.807) is 6.07 Å². The highest BCUT2D eigenvalue weighted by atomic mass is 19.1. The number of aryl methyl sites for hydroxylation is 2. The molecule has 3 N–H and O–H groups in total. The number of benzene rings is 2. The fourth-order valence-electron chi connectivity index (χ4n) is 6.36. The lowest BCUT2D eigenvalue weighted by Crippen LogP contribution is -2.52. The van der Waals surface area contributed by atoms with Crippen LogP contribution in [0.25, 0.3) is 10.9 Å². The second-order valence-corrected chi connectivity index (χ2v) is 12.6. The van der Waals surface area contributed by atoms with E-state index in [0.29, 0.717) is 49.6 Å². The van der Waals surface area contributed by atoms with Crippen molar-refractivity contribution in [3.05, 3.63) is 96.2 Å². The average Bonchev–Trinajstić information content (AvgIpc) is 3.84. The molecule has 6 rings (SSSR count). The van der Waals surface area contributed by atoms with Crippen molar-refractivity contribution < 1.29 is 14.3 Å². The number of carboxylic acid groups (broad SMARTS) is 1. The normalized spacial score (nSPS) is 17.0. The molecular weight excluding hydrogens is 591 g/mol. The first kappa shape index (κ1) is 31.3. The zero-order chi connectivity index (χ0) is 32.7. The van der Waals surface area contributed by atoms with E-state index >= 15 is 4.39 Å². The van der Waals surface area contributed by atoms with Gasteiger partial charge in [0.25, 0.3) is 5.56 Å². The SMILES string of the molecule is Cc1ccc(Nc2cc(=O)n(CCCCN3CCN(c4cc5c(cc4F)c(=O)c(C(=O)O)cn5C4CC4)[C@@H](C)C3)c(=O)[nH]2)cc1C. The second-order valence-electron chi connectivity index (χ2n) is 12.6. The van der Waals surface area contributed by atoms with Gasteiger partial charge in [-0.15, -0.1) is 0 Å². The van der Waals surface area contributed by atoms with Crippen LogP contribution >= 0.6 is 0 Å². The van der Waals surface area contributed by atoms with Crippen molar-refractivity contribution in [2.24, 2.45) is 0 Å². The van der Waals surface area contributed by atoms with E-state index in [9.17, 15) is 24.3 Å². The van der Waals surface area contributed by atoms with Crippen molar-refractivity contribution in [2.75, 3.05) is 36.4 Å². The van der Waals surface area contributed by atoms with Crippen LogP contribution < -0.4 is 26.9 Å². The van der Waals surface area contributed by atoms with Crippen LogP contribution in [0.3, 0.4) is 0 Å². The van der Waals surface area contributed by atoms with Crippen LogP contribution in [0.1, 0.15) is 60.1 Å². The molecule has 2 aromatic carbocycles. The fourth-order valence-corrected chi connectivity index (χ4v) is 6.36. The Morgan fingerprint density at radius 2 is 1.78 bits per heavy atom. The van der Waals surface area contributed by atoms with Crippen LogP contribution in [0.15, 0.2) is 57.0 Å². The molecule has 12 heteroatoms. The molecule has 1 saturated carbocycles. The maximum atomic E-state index is 15.5. The first-order valence-corrected chi connectivity index (χ1v) is 15.8. The summed E-state index contributed by atoms with van der Waals surface area (Å²) < 4.78 is 18.5. The van der Waals surface area contributed by atoms with Gasteiger partial charge in [0.2, 0.25) is 5.43 Å². The molecule has 0 bridgehead atoms. The predicted molar refractivity (Wildman–Crippen MR) is 176 cm³/mol. The van der Waals surface area contributed by atoms with E-state index in [1.165, 1.54) is 22.9 Å². The van der Waals surface area contributed by atoms with Crippen LogP contribution in [0, 0.1) is 19.7 Å². The van der Waals surface area contributed by atoms with Crippen LogP contribution in [-0.2, 0) is 6.54 Å². The Labute approximate surface area is 264 Å². The molecule has 0 spiro atoms. The number of carbonyl (C=O) groups is 1. The van der Waals surface area contributed by atoms with E-state index < -0.39 is 22.9 Å². The Bertz CT molecular complexity index is 1960. The van der Waals surface area contributed by atoms with Gasteiger partial charge in [-0.2, -0.15) is 0 Å². The Balaban J connectivity index is 1.06. The summed E-state index contributed by atoms with van der Waals surface area (Å²) >= 11 is 0. The van der Waals surface area contributed by atoms with Gasteiger partial charge >= 0.3 is 11.7 Å². The Morgan fingerprint density at radius 1 is 1.02 bits per heavy atom. The molecule has 3 heterocycles. The molecule has 2 aliphatic rings. The molecule has 242 valence electrons. The number of anilines is 3. The van der Waals surface area contributed by atoms with Gasteiger partial charge in [0.1, 0.15) is 17.2 Å². The summed E-state index contributed by atoms with van der Waals surface area (Å²) in [5.41, 5.74) is 2.20. The Hall–Kier alpha value is -4.71. The Kier molecular flexibility index (Phi) is 8.56. The number of halogens is 1. The lowest BCUT2D eigenvalue weighted by Gasteiger charge is -2.41. The van der Waals surface area contributed by atoms with Gasteiger partial charge in [0.15, 0.2) is 0 Å². The molecule has 1 atom stereocenters. The number of unbranched alkanes of at least 4 members (excludes halogenated alkanes) is 1. The molecule has 0 radical (unpaired) electrons. The monoisotopic (exact) mass is 630 g/mol. The van der Waals surface area contributed by atoms with Gasteiger partial charge in [-0.1, -0.05) is 6.07 Å². The van der Waals surface area contributed by atoms with Crippen molar-refractivity contribution in [2.45, 2.75) is 65.1 Å². The number of nitrogens with zero attached hydrogens (tertiary/aromatic N) is 4. The number of carboxylic acids is 1. The highest BCUT2D eigenvalue weighted by molar-refractivity contribution is 5.93. The number of nitrogens with one attached hydrogen (secondary N) is 2. The fraction of sp³-hybridized carbons (Fsp3) is 0.412. The maximum Gasteiger partial charge on any atom is 0.341 e. The van der Waals surface area contributed by atoms with Gasteiger partial charge < -0.3 is 19.9 Å². The first-order chi connectivity index (χ1) is 22.0. The van der Waals surface area contributed by atoms with Crippen LogP contribution in [-0.4, -0.2) is 62.3 Å². The van der Waals surface area contributed by atoms with Crippen molar-refractivity contribution >= 4 is 34.1 Å². The summed E-state index contributed by atoms with van der Waals surface area (Å²) in [5, 5.41) is 12.7. The molecule has 4 aromatic rings. The third-order valence-electron chi connectivity index (χ3n) is 9.21. The zero-order valence-corrected chi connectivity index (χ0v) is 26.3. The summed E-state index contributed by atoms with van der Waals surface area (Å²) in [6.07, 6.45) is 4.60. The average molecular weight is 631 g/mol. The number of aromatic carboxylic acids is 1. The summed E-state index contributed by atoms with van der Waals surface area (Å²) in [6, 6.07) is 10.2. The van der Waals surface area contributed by atoms with Crippen molar-refractivity contribution in [1.29, 1.82) is 0 Å². The minimum absolute atomic E-state index is 0.0112. The smallest absolute Gasteiger partial charge is 0.341 e. The summed E-state index contributed by atoms with van der Waals surface area (Å²) in [6.45, 7) is 9.12. The number of fused-ring (bicyclic) bond motifs is 1. The largest absolute Gasteiger partial charge is 0.477 e. The second kappa shape index (κ2) is 12.6. The molecule has 2 aromatic heterocycles. The quantitative estimate of drug-likeness (QED) is 0.220. The summed E-state index contributed by atoms with van der Waals surface area (Å²) in [7, 11) is 0. The minimum atomic E-state index is -1.31. The van der Waals surface area contributed by atoms with E-state index in [4.69, 9.17) is 0 Å². The van der Waals surface area contributed by atoms with Crippen LogP contribution in [0.2, 0.25) is 0 Å². The number of H-pyrrole nitrogens is 1. The Morgan fingerprint density at radius 3 is 2.46 bits per heavy atom. The molecular formula is C34H39FN6O5. The standard InChI is InChI=1S/C34H39FN6O5/c1-20-6-7-23(14-21(20)2)36-30-17-31(42)40(34(46)37-30)11-5-4-10-38-12-13-39(22(3)18-38)29-16-28-25(15-27(29)35)32(43)26(33(44)45)19-41(28)24-8-9-24/h6-7,14-17,19,22,24,36H,4-5,8-13,18H2,1-3H3,(H,37,46)(H,44,45)/t22-/m0/s1. The molecule has 11 nitrogen and oxygen atoms in total. The third-order valence-corrected chi connectivity index (χ3v) is 9.21. The number of aromatic amines is 1. The predicted octanol–water partition coefficient (Wildman–Crippen LogP) is 4.38. The lowest BCUT2D eigenvalue weighted by atomic mass is 10.1. The van der Waals surface area contributed by atoms with E-state index in [0.717, 1.165) is 42.6 Å². The molecule has 0 unspecified atom stereocenters. The maximum absolute atomic E-state index is 15.5. The number of aromatic nitrogens is 3. The van der Waals surface area contributed by atoms with Gasteiger partial charge in [0.05, 0.1) is 11.2 Å². The summed E-state index contributed by atoms with van der Waals surface area (Å²) in [4.78, 5) is 57.0. The molecule has 2 fully saturated rings. The number of pyridine rings is 1. The van der Waals surface area contributed by atoms with E-state index in [1.807, 2.05) is 48.4 Å². The minimum Gasteiger partial charge on any atom is -0.477 e. The number of rotatable bonds is 10. The van der Waals surface area contributed by atoms with Gasteiger partial charge in [0, 0.05) is 61.6 Å². The van der Waals surface area contributed by atoms with Gasteiger partial charge in [-0.05, 0) is 88.4 Å². The van der Waals surface area contributed by atoms with Crippen molar-refractivity contribution in [3.63, 3.8) is 0 Å².